The Morgan fingerprint density at radius 2 is 2.20 bits per heavy atom. The van der Waals surface area contributed by atoms with Gasteiger partial charge in [0, 0.05) is 11.6 Å². The number of rotatable bonds is 3. The van der Waals surface area contributed by atoms with Crippen molar-refractivity contribution in [3.63, 3.8) is 0 Å². The second-order valence-electron chi connectivity index (χ2n) is 3.96. The van der Waals surface area contributed by atoms with E-state index >= 15 is 0 Å². The van der Waals surface area contributed by atoms with Crippen molar-refractivity contribution < 1.29 is 5.11 Å². The molecule has 0 aliphatic rings. The number of benzene rings is 1. The third-order valence-electron chi connectivity index (χ3n) is 2.59. The van der Waals surface area contributed by atoms with E-state index in [2.05, 4.69) is 25.6 Å². The lowest BCUT2D eigenvalue weighted by molar-refractivity contribution is 0.474. The largest absolute Gasteiger partial charge is 0.507 e. The van der Waals surface area contributed by atoms with Gasteiger partial charge in [-0.1, -0.05) is 12.1 Å². The molecule has 0 atom stereocenters. The summed E-state index contributed by atoms with van der Waals surface area (Å²) >= 11 is 0. The highest BCUT2D eigenvalue weighted by Crippen LogP contribution is 2.13. The lowest BCUT2D eigenvalue weighted by atomic mass is 10.2. The lowest BCUT2D eigenvalue weighted by Gasteiger charge is -2.03. The van der Waals surface area contributed by atoms with E-state index in [0.717, 1.165) is 0 Å². The number of aromatic nitrogens is 4. The SMILES string of the molecule is Nc1cc2ncnn2c(NN=Cc2ccccc2O)n1. The van der Waals surface area contributed by atoms with E-state index in [-0.39, 0.29) is 5.75 Å². The molecule has 100 valence electrons. The number of nitrogens with zero attached hydrogens (tertiary/aromatic N) is 5. The first-order valence-corrected chi connectivity index (χ1v) is 5.77. The van der Waals surface area contributed by atoms with Crippen LogP contribution in [0.15, 0.2) is 41.8 Å². The quantitative estimate of drug-likeness (QED) is 0.480. The molecule has 0 amide bonds. The van der Waals surface area contributed by atoms with E-state index < -0.39 is 0 Å². The Morgan fingerprint density at radius 3 is 3.05 bits per heavy atom. The number of nitrogens with one attached hydrogen (secondary N) is 1. The third kappa shape index (κ3) is 2.21. The molecule has 0 saturated carbocycles. The average Bonchev–Trinajstić information content (AvgIpc) is 2.89. The number of fused-ring (bicyclic) bond motifs is 1. The van der Waals surface area contributed by atoms with Crippen molar-refractivity contribution in [3.8, 4) is 5.75 Å². The molecule has 0 spiro atoms. The van der Waals surface area contributed by atoms with Crippen LogP contribution in [0.3, 0.4) is 0 Å². The smallest absolute Gasteiger partial charge is 0.248 e. The maximum Gasteiger partial charge on any atom is 0.248 e. The summed E-state index contributed by atoms with van der Waals surface area (Å²) in [5, 5.41) is 17.6. The number of hydrogen-bond acceptors (Lipinski definition) is 7. The monoisotopic (exact) mass is 269 g/mol. The van der Waals surface area contributed by atoms with E-state index in [1.54, 1.807) is 30.3 Å². The Balaban J connectivity index is 1.87. The van der Waals surface area contributed by atoms with E-state index in [4.69, 9.17) is 5.73 Å². The highest BCUT2D eigenvalue weighted by molar-refractivity contribution is 5.83. The van der Waals surface area contributed by atoms with Crippen LogP contribution in [-0.4, -0.2) is 30.9 Å². The molecule has 0 bridgehead atoms. The Labute approximate surface area is 113 Å². The molecule has 3 aromatic rings. The van der Waals surface area contributed by atoms with Crippen molar-refractivity contribution in [2.24, 2.45) is 5.10 Å². The highest BCUT2D eigenvalue weighted by atomic mass is 16.3. The summed E-state index contributed by atoms with van der Waals surface area (Å²) in [5.41, 5.74) is 9.53. The molecule has 0 aliphatic carbocycles. The van der Waals surface area contributed by atoms with Gasteiger partial charge in [-0.2, -0.15) is 19.7 Å². The number of para-hydroxylation sites is 1. The van der Waals surface area contributed by atoms with Crippen molar-refractivity contribution >= 4 is 23.6 Å². The van der Waals surface area contributed by atoms with Crippen molar-refractivity contribution in [2.45, 2.75) is 0 Å². The molecule has 0 fully saturated rings. The number of anilines is 2. The Morgan fingerprint density at radius 1 is 1.35 bits per heavy atom. The van der Waals surface area contributed by atoms with Gasteiger partial charge < -0.3 is 10.8 Å². The van der Waals surface area contributed by atoms with E-state index in [9.17, 15) is 5.11 Å². The molecule has 0 aliphatic heterocycles. The standard InChI is InChI=1S/C12H11N7O/c13-10-5-11-14-7-16-19(11)12(17-10)18-15-6-8-3-1-2-4-9(8)20/h1-7,20H,13H2,(H,17,18). The maximum absolute atomic E-state index is 9.61. The molecule has 20 heavy (non-hydrogen) atoms. The number of hydrazone groups is 1. The number of hydrogen-bond donors (Lipinski definition) is 3. The van der Waals surface area contributed by atoms with Crippen molar-refractivity contribution in [1.29, 1.82) is 0 Å². The minimum absolute atomic E-state index is 0.143. The minimum Gasteiger partial charge on any atom is -0.507 e. The first kappa shape index (κ1) is 11.9. The van der Waals surface area contributed by atoms with Gasteiger partial charge in [0.2, 0.25) is 5.95 Å². The zero-order chi connectivity index (χ0) is 13.9. The molecule has 2 heterocycles. The van der Waals surface area contributed by atoms with Crippen molar-refractivity contribution in [1.82, 2.24) is 19.6 Å². The second-order valence-corrected chi connectivity index (χ2v) is 3.96. The average molecular weight is 269 g/mol. The fraction of sp³-hybridized carbons (Fsp3) is 0. The molecule has 0 radical (unpaired) electrons. The molecule has 2 aromatic heterocycles. The summed E-state index contributed by atoms with van der Waals surface area (Å²) < 4.78 is 1.47. The third-order valence-corrected chi connectivity index (χ3v) is 2.59. The molecule has 0 saturated heterocycles. The fourth-order valence-corrected chi connectivity index (χ4v) is 1.67. The van der Waals surface area contributed by atoms with Gasteiger partial charge in [-0.15, -0.1) is 0 Å². The number of phenols is 1. The topological polar surface area (TPSA) is 114 Å². The summed E-state index contributed by atoms with van der Waals surface area (Å²) in [5.74, 6) is 0.791. The molecular weight excluding hydrogens is 258 g/mol. The van der Waals surface area contributed by atoms with Crippen molar-refractivity contribution in [3.05, 3.63) is 42.2 Å². The molecule has 1 aromatic carbocycles. The normalized spacial score (nSPS) is 11.2. The molecule has 0 unspecified atom stereocenters. The zero-order valence-electron chi connectivity index (χ0n) is 10.3. The van der Waals surface area contributed by atoms with Gasteiger partial charge >= 0.3 is 0 Å². The highest BCUT2D eigenvalue weighted by Gasteiger charge is 2.04. The fourth-order valence-electron chi connectivity index (χ4n) is 1.67. The van der Waals surface area contributed by atoms with E-state index in [1.807, 2.05) is 0 Å². The van der Waals surface area contributed by atoms with Crippen LogP contribution in [0.2, 0.25) is 0 Å². The van der Waals surface area contributed by atoms with E-state index in [0.29, 0.717) is 23.0 Å². The van der Waals surface area contributed by atoms with Crippen LogP contribution in [0.4, 0.5) is 11.8 Å². The van der Waals surface area contributed by atoms with Gasteiger partial charge in [-0.25, -0.2) is 10.4 Å². The van der Waals surface area contributed by atoms with Crippen molar-refractivity contribution in [2.75, 3.05) is 11.2 Å². The number of nitrogen functional groups attached to an aromatic ring is 1. The van der Waals surface area contributed by atoms with Crippen LogP contribution in [0.25, 0.3) is 5.65 Å². The first-order chi connectivity index (χ1) is 9.74. The number of aromatic hydroxyl groups is 1. The first-order valence-electron chi connectivity index (χ1n) is 5.77. The van der Waals surface area contributed by atoms with Gasteiger partial charge in [-0.05, 0) is 12.1 Å². The molecule has 4 N–H and O–H groups in total. The molecule has 8 nitrogen and oxygen atoms in total. The van der Waals surface area contributed by atoms with Gasteiger partial charge in [0.1, 0.15) is 17.9 Å². The Kier molecular flexibility index (Phi) is 2.88. The predicted molar refractivity (Wildman–Crippen MR) is 74.5 cm³/mol. The van der Waals surface area contributed by atoms with Gasteiger partial charge in [0.15, 0.2) is 5.65 Å². The predicted octanol–water partition coefficient (Wildman–Crippen LogP) is 0.858. The van der Waals surface area contributed by atoms with Crippen LogP contribution in [0.1, 0.15) is 5.56 Å². The van der Waals surface area contributed by atoms with Gasteiger partial charge in [0.05, 0.1) is 6.21 Å². The van der Waals surface area contributed by atoms with Crippen LogP contribution in [0.5, 0.6) is 5.75 Å². The number of nitrogens with two attached hydrogens (primary N) is 1. The maximum atomic E-state index is 9.61. The summed E-state index contributed by atoms with van der Waals surface area (Å²) in [7, 11) is 0. The van der Waals surface area contributed by atoms with Crippen LogP contribution >= 0.6 is 0 Å². The number of phenolic OH excluding ortho intramolecular Hbond substituents is 1. The van der Waals surface area contributed by atoms with Gasteiger partial charge in [0.25, 0.3) is 0 Å². The van der Waals surface area contributed by atoms with Crippen LogP contribution in [-0.2, 0) is 0 Å². The summed E-state index contributed by atoms with van der Waals surface area (Å²) in [6, 6.07) is 8.45. The van der Waals surface area contributed by atoms with Crippen LogP contribution in [0, 0.1) is 0 Å². The summed E-state index contributed by atoms with van der Waals surface area (Å²) in [6.45, 7) is 0. The summed E-state index contributed by atoms with van der Waals surface area (Å²) in [4.78, 5) is 8.10. The molecule has 8 heteroatoms. The molecular formula is C12H11N7O. The second kappa shape index (κ2) is 4.84. The van der Waals surface area contributed by atoms with Gasteiger partial charge in [-0.3, -0.25) is 0 Å². The minimum atomic E-state index is 0.143. The molecule has 3 rings (SSSR count). The lowest BCUT2D eigenvalue weighted by Crippen LogP contribution is -2.05. The van der Waals surface area contributed by atoms with E-state index in [1.165, 1.54) is 17.1 Å². The Bertz CT molecular complexity index is 780. The summed E-state index contributed by atoms with van der Waals surface area (Å²) in [6.07, 6.45) is 2.87. The zero-order valence-corrected chi connectivity index (χ0v) is 10.3. The van der Waals surface area contributed by atoms with Crippen LogP contribution < -0.4 is 11.2 Å². The Hall–Kier alpha value is -3.16.